The Morgan fingerprint density at radius 3 is 2.68 bits per heavy atom. The second-order valence-corrected chi connectivity index (χ2v) is 7.28. The van der Waals surface area contributed by atoms with Crippen molar-refractivity contribution in [2.45, 2.75) is 13.5 Å². The molecule has 8 heteroatoms. The van der Waals surface area contributed by atoms with E-state index in [-0.39, 0.29) is 24.0 Å². The minimum Gasteiger partial charge on any atom is -0.452 e. The van der Waals surface area contributed by atoms with Gasteiger partial charge in [0.25, 0.3) is 5.91 Å². The van der Waals surface area contributed by atoms with E-state index in [4.69, 9.17) is 4.74 Å². The van der Waals surface area contributed by atoms with Gasteiger partial charge in [-0.2, -0.15) is 0 Å². The van der Waals surface area contributed by atoms with Crippen molar-refractivity contribution < 1.29 is 19.1 Å². The van der Waals surface area contributed by atoms with Crippen LogP contribution in [0.1, 0.15) is 22.3 Å². The Morgan fingerprint density at radius 1 is 1.14 bits per heavy atom. The molecule has 7 nitrogen and oxygen atoms in total. The fraction of sp³-hybridized carbons (Fsp3) is 0.200. The molecule has 2 aromatic carbocycles. The first-order chi connectivity index (χ1) is 13.4. The largest absolute Gasteiger partial charge is 0.452 e. The molecule has 1 N–H and O–H groups in total. The van der Waals surface area contributed by atoms with Crippen LogP contribution < -0.4 is 5.32 Å². The van der Waals surface area contributed by atoms with Gasteiger partial charge in [-0.25, -0.2) is 9.78 Å². The predicted molar refractivity (Wildman–Crippen MR) is 107 cm³/mol. The lowest BCUT2D eigenvalue weighted by Crippen LogP contribution is -2.30. The maximum Gasteiger partial charge on any atom is 0.338 e. The molecule has 0 aliphatic heterocycles. The zero-order valence-corrected chi connectivity index (χ0v) is 16.3. The summed E-state index contributed by atoms with van der Waals surface area (Å²) in [4.78, 5) is 41.5. The number of hydrogen-bond acceptors (Lipinski definition) is 6. The molecule has 1 aromatic heterocycles. The lowest BCUT2D eigenvalue weighted by Gasteiger charge is -2.15. The number of nitrogens with zero attached hydrogens (tertiary/aromatic N) is 2. The van der Waals surface area contributed by atoms with E-state index in [2.05, 4.69) is 10.3 Å². The first-order valence-corrected chi connectivity index (χ1v) is 9.37. The van der Waals surface area contributed by atoms with E-state index in [0.717, 1.165) is 15.2 Å². The van der Waals surface area contributed by atoms with Crippen LogP contribution in [-0.4, -0.2) is 41.3 Å². The molecule has 0 unspecified atom stereocenters. The fourth-order valence-corrected chi connectivity index (χ4v) is 3.55. The average molecular weight is 397 g/mol. The summed E-state index contributed by atoms with van der Waals surface area (Å²) >= 11 is 1.52. The normalized spacial score (nSPS) is 10.5. The fourth-order valence-electron chi connectivity index (χ4n) is 2.53. The molecule has 0 atom stereocenters. The van der Waals surface area contributed by atoms with E-state index < -0.39 is 5.97 Å². The van der Waals surface area contributed by atoms with Crippen LogP contribution in [-0.2, 0) is 20.9 Å². The summed E-state index contributed by atoms with van der Waals surface area (Å²) in [5, 5.41) is 3.41. The van der Waals surface area contributed by atoms with Gasteiger partial charge in [0.2, 0.25) is 5.91 Å². The smallest absolute Gasteiger partial charge is 0.338 e. The maximum absolute atomic E-state index is 12.3. The van der Waals surface area contributed by atoms with Crippen LogP contribution in [0.25, 0.3) is 10.2 Å². The highest BCUT2D eigenvalue weighted by Crippen LogP contribution is 2.22. The molecule has 0 aliphatic carbocycles. The van der Waals surface area contributed by atoms with Gasteiger partial charge in [0.1, 0.15) is 5.01 Å². The van der Waals surface area contributed by atoms with Crippen LogP contribution in [0, 0.1) is 0 Å². The number of aromatic nitrogens is 1. The van der Waals surface area contributed by atoms with Gasteiger partial charge < -0.3 is 15.0 Å². The number of carbonyl (C=O) groups excluding carboxylic acids is 3. The van der Waals surface area contributed by atoms with Crippen molar-refractivity contribution in [3.05, 3.63) is 59.1 Å². The lowest BCUT2D eigenvalue weighted by atomic mass is 10.2. The quantitative estimate of drug-likeness (QED) is 0.646. The van der Waals surface area contributed by atoms with Gasteiger partial charge in [0, 0.05) is 19.7 Å². The number of thiazole rings is 1. The number of likely N-dealkylation sites (N-methyl/N-ethyl adjacent to an activating group) is 1. The Kier molecular flexibility index (Phi) is 6.00. The Hall–Kier alpha value is -3.26. The number of benzene rings is 2. The molecule has 3 aromatic rings. The number of nitrogens with one attached hydrogen (secondary N) is 1. The minimum atomic E-state index is -0.631. The van der Waals surface area contributed by atoms with Crippen LogP contribution in [0.2, 0.25) is 0 Å². The number of rotatable bonds is 6. The molecule has 0 spiro atoms. The minimum absolute atomic E-state index is 0.239. The molecule has 2 amide bonds. The number of anilines is 1. The molecule has 1 heterocycles. The average Bonchev–Trinajstić information content (AvgIpc) is 3.07. The summed E-state index contributed by atoms with van der Waals surface area (Å²) < 4.78 is 6.17. The Morgan fingerprint density at radius 2 is 1.93 bits per heavy atom. The molecule has 0 aliphatic rings. The maximum atomic E-state index is 12.3. The van der Waals surface area contributed by atoms with Crippen LogP contribution in [0.5, 0.6) is 0 Å². The van der Waals surface area contributed by atoms with Gasteiger partial charge in [0.05, 0.1) is 22.3 Å². The first-order valence-electron chi connectivity index (χ1n) is 8.55. The second-order valence-electron chi connectivity index (χ2n) is 6.16. The first kappa shape index (κ1) is 19.5. The highest BCUT2D eigenvalue weighted by atomic mass is 32.1. The molecule has 0 fully saturated rings. The van der Waals surface area contributed by atoms with Gasteiger partial charge in [0.15, 0.2) is 6.61 Å². The molecule has 28 heavy (non-hydrogen) atoms. The Labute approximate surface area is 165 Å². The second kappa shape index (κ2) is 8.62. The molecular formula is C20H19N3O4S. The zero-order chi connectivity index (χ0) is 20.1. The van der Waals surface area contributed by atoms with Gasteiger partial charge in [-0.3, -0.25) is 9.59 Å². The van der Waals surface area contributed by atoms with E-state index in [1.54, 1.807) is 25.2 Å². The topological polar surface area (TPSA) is 88.6 Å². The number of ether oxygens (including phenoxy) is 1. The van der Waals surface area contributed by atoms with E-state index >= 15 is 0 Å². The third-order valence-corrected chi connectivity index (χ3v) is 4.90. The predicted octanol–water partition coefficient (Wildman–Crippen LogP) is 3.07. The van der Waals surface area contributed by atoms with E-state index in [9.17, 15) is 14.4 Å². The van der Waals surface area contributed by atoms with Crippen LogP contribution in [0.3, 0.4) is 0 Å². The van der Waals surface area contributed by atoms with E-state index in [1.807, 2.05) is 24.3 Å². The third kappa shape index (κ3) is 4.92. The van der Waals surface area contributed by atoms with Crippen molar-refractivity contribution >= 4 is 45.0 Å². The van der Waals surface area contributed by atoms with Gasteiger partial charge in [-0.1, -0.05) is 18.2 Å². The molecule has 0 saturated heterocycles. The summed E-state index contributed by atoms with van der Waals surface area (Å²) in [5.41, 5.74) is 1.64. The van der Waals surface area contributed by atoms with Crippen molar-refractivity contribution in [1.82, 2.24) is 9.88 Å². The van der Waals surface area contributed by atoms with Crippen molar-refractivity contribution in [1.29, 1.82) is 0 Å². The summed E-state index contributed by atoms with van der Waals surface area (Å²) in [5.74, 6) is -1.20. The lowest BCUT2D eigenvalue weighted by molar-refractivity contribution is -0.133. The number of hydrogen-bond donors (Lipinski definition) is 1. The Balaban J connectivity index is 1.55. The summed E-state index contributed by atoms with van der Waals surface area (Å²) in [7, 11) is 1.64. The number of fused-ring (bicyclic) bond motifs is 1. The van der Waals surface area contributed by atoms with Crippen molar-refractivity contribution in [2.24, 2.45) is 0 Å². The summed E-state index contributed by atoms with van der Waals surface area (Å²) in [6.07, 6.45) is 0. The van der Waals surface area contributed by atoms with Gasteiger partial charge >= 0.3 is 5.97 Å². The zero-order valence-electron chi connectivity index (χ0n) is 15.5. The molecule has 3 rings (SSSR count). The third-order valence-electron chi connectivity index (χ3n) is 3.88. The SMILES string of the molecule is CC(=O)Nc1cccc(C(=O)OCC(=O)N(C)Cc2nc3ccccc3s2)c1. The standard InChI is InChI=1S/C20H19N3O4S/c1-13(24)21-15-7-5-6-14(10-15)20(26)27-12-19(25)23(2)11-18-22-16-8-3-4-9-17(16)28-18/h3-10H,11-12H2,1-2H3,(H,21,24). The highest BCUT2D eigenvalue weighted by molar-refractivity contribution is 7.18. The van der Waals surface area contributed by atoms with Crippen LogP contribution in [0.15, 0.2) is 48.5 Å². The molecular weight excluding hydrogens is 378 g/mol. The van der Waals surface area contributed by atoms with E-state index in [1.165, 1.54) is 29.2 Å². The van der Waals surface area contributed by atoms with E-state index in [0.29, 0.717) is 12.2 Å². The number of amides is 2. The summed E-state index contributed by atoms with van der Waals surface area (Å²) in [6, 6.07) is 14.1. The molecule has 0 bridgehead atoms. The molecule has 144 valence electrons. The number of carbonyl (C=O) groups is 3. The highest BCUT2D eigenvalue weighted by Gasteiger charge is 2.16. The number of para-hydroxylation sites is 1. The van der Waals surface area contributed by atoms with Crippen LogP contribution >= 0.6 is 11.3 Å². The van der Waals surface area contributed by atoms with Gasteiger partial charge in [-0.15, -0.1) is 11.3 Å². The monoisotopic (exact) mass is 397 g/mol. The van der Waals surface area contributed by atoms with Crippen molar-refractivity contribution in [3.63, 3.8) is 0 Å². The van der Waals surface area contributed by atoms with Crippen molar-refractivity contribution in [2.75, 3.05) is 19.0 Å². The van der Waals surface area contributed by atoms with Crippen LogP contribution in [0.4, 0.5) is 5.69 Å². The number of esters is 1. The van der Waals surface area contributed by atoms with Crippen molar-refractivity contribution in [3.8, 4) is 0 Å². The molecule has 0 radical (unpaired) electrons. The molecule has 0 saturated carbocycles. The van der Waals surface area contributed by atoms with Gasteiger partial charge in [-0.05, 0) is 30.3 Å². The Bertz CT molecular complexity index is 998. The summed E-state index contributed by atoms with van der Waals surface area (Å²) in [6.45, 7) is 1.35.